The molecule has 1 aliphatic heterocycles. The number of carbonyl (C=O) groups excluding carboxylic acids is 1. The normalized spacial score (nSPS) is 17.3. The summed E-state index contributed by atoms with van der Waals surface area (Å²) in [7, 11) is 0. The zero-order valence-corrected chi connectivity index (χ0v) is 13.4. The maximum absolute atomic E-state index is 11.9. The van der Waals surface area contributed by atoms with Crippen molar-refractivity contribution >= 4 is 12.0 Å². The number of carbonyl (C=O) groups is 1. The maximum atomic E-state index is 11.9. The molecule has 126 valence electrons. The summed E-state index contributed by atoms with van der Waals surface area (Å²) in [5, 5.41) is 2.93. The molecule has 1 atom stereocenters. The van der Waals surface area contributed by atoms with E-state index in [-0.39, 0.29) is 12.1 Å². The topological polar surface area (TPSA) is 79.4 Å². The molecular weight excluding hydrogens is 306 g/mol. The van der Waals surface area contributed by atoms with Crippen LogP contribution in [0.4, 0.5) is 10.7 Å². The van der Waals surface area contributed by atoms with Gasteiger partial charge < -0.3 is 10.2 Å². The van der Waals surface area contributed by atoms with Crippen molar-refractivity contribution in [2.75, 3.05) is 18.0 Å². The zero-order valence-electron chi connectivity index (χ0n) is 13.4. The predicted molar refractivity (Wildman–Crippen MR) is 90.2 cm³/mol. The number of urea groups is 1. The number of amides is 2. The van der Waals surface area contributed by atoms with Crippen molar-refractivity contribution in [2.45, 2.75) is 25.5 Å². The maximum Gasteiger partial charge on any atom is 0.338 e. The number of nitrogens with zero attached hydrogens (tertiary/aromatic N) is 3. The molecule has 0 spiro atoms. The predicted octanol–water partition coefficient (Wildman–Crippen LogP) is 1.88. The van der Waals surface area contributed by atoms with Gasteiger partial charge in [-0.15, -0.1) is 0 Å². The molecule has 1 fully saturated rings. The van der Waals surface area contributed by atoms with Crippen LogP contribution in [0.3, 0.4) is 0 Å². The first-order chi connectivity index (χ1) is 11.8. The van der Waals surface area contributed by atoms with Crippen LogP contribution in [0.2, 0.25) is 0 Å². The van der Waals surface area contributed by atoms with Crippen LogP contribution in [0.25, 0.3) is 0 Å². The molecule has 0 saturated carbocycles. The summed E-state index contributed by atoms with van der Waals surface area (Å²) < 4.78 is 0. The first-order valence-electron chi connectivity index (χ1n) is 8.05. The smallest absolute Gasteiger partial charge is 0.338 e. The molecule has 7 nitrogen and oxygen atoms in total. The van der Waals surface area contributed by atoms with Crippen molar-refractivity contribution in [3.63, 3.8) is 0 Å². The molecule has 7 heteroatoms. The number of nitrogens with one attached hydrogen (secondary N) is 2. The molecule has 0 aliphatic carbocycles. The summed E-state index contributed by atoms with van der Waals surface area (Å²) in [6.45, 7) is 1.92. The van der Waals surface area contributed by atoms with Gasteiger partial charge in [0.05, 0.1) is 6.61 Å². The van der Waals surface area contributed by atoms with Gasteiger partial charge >= 0.3 is 6.03 Å². The third kappa shape index (κ3) is 4.66. The minimum absolute atomic E-state index is 0.0443. The van der Waals surface area contributed by atoms with Gasteiger partial charge in [-0.1, -0.05) is 30.3 Å². The standard InChI is InChI=1S/C17H21N5O2/c23-17(21-24-13-14-6-2-1-3-7-14)20-15-8-4-11-22(12-15)16-18-9-5-10-19-16/h1-3,5-7,9-10,15H,4,8,11-13H2,(H2,20,21,23). The highest BCUT2D eigenvalue weighted by atomic mass is 16.7. The van der Waals surface area contributed by atoms with Crippen molar-refractivity contribution < 1.29 is 9.63 Å². The van der Waals surface area contributed by atoms with Gasteiger partial charge in [0, 0.05) is 31.5 Å². The van der Waals surface area contributed by atoms with E-state index in [1.807, 2.05) is 30.3 Å². The Morgan fingerprint density at radius 3 is 2.79 bits per heavy atom. The molecule has 3 rings (SSSR count). The number of rotatable bonds is 5. The molecule has 24 heavy (non-hydrogen) atoms. The number of anilines is 1. The van der Waals surface area contributed by atoms with E-state index in [0.717, 1.165) is 24.9 Å². The molecule has 1 aromatic carbocycles. The van der Waals surface area contributed by atoms with Crippen molar-refractivity contribution in [1.29, 1.82) is 0 Å². The van der Waals surface area contributed by atoms with E-state index < -0.39 is 0 Å². The molecule has 1 saturated heterocycles. The minimum atomic E-state index is -0.327. The zero-order chi connectivity index (χ0) is 16.6. The van der Waals surface area contributed by atoms with Gasteiger partial charge in [0.15, 0.2) is 0 Å². The molecule has 0 radical (unpaired) electrons. The quantitative estimate of drug-likeness (QED) is 0.820. The minimum Gasteiger partial charge on any atom is -0.339 e. The van der Waals surface area contributed by atoms with Crippen LogP contribution in [0, 0.1) is 0 Å². The monoisotopic (exact) mass is 327 g/mol. The van der Waals surface area contributed by atoms with E-state index in [9.17, 15) is 4.79 Å². The van der Waals surface area contributed by atoms with Crippen LogP contribution >= 0.6 is 0 Å². The van der Waals surface area contributed by atoms with Crippen LogP contribution in [0.1, 0.15) is 18.4 Å². The van der Waals surface area contributed by atoms with Crippen molar-refractivity contribution in [2.24, 2.45) is 0 Å². The first-order valence-corrected chi connectivity index (χ1v) is 8.05. The van der Waals surface area contributed by atoms with Gasteiger partial charge in [0.25, 0.3) is 0 Å². The summed E-state index contributed by atoms with van der Waals surface area (Å²) in [4.78, 5) is 27.8. The first kappa shape index (κ1) is 16.2. The molecular formula is C17H21N5O2. The highest BCUT2D eigenvalue weighted by Crippen LogP contribution is 2.15. The largest absolute Gasteiger partial charge is 0.339 e. The number of piperidine rings is 1. The number of hydroxylamine groups is 1. The van der Waals surface area contributed by atoms with E-state index in [1.165, 1.54) is 0 Å². The summed E-state index contributed by atoms with van der Waals surface area (Å²) in [6.07, 6.45) is 5.36. The highest BCUT2D eigenvalue weighted by molar-refractivity contribution is 5.73. The Morgan fingerprint density at radius 2 is 2.00 bits per heavy atom. The molecule has 2 N–H and O–H groups in total. The Labute approximate surface area is 141 Å². The van der Waals surface area contributed by atoms with Gasteiger partial charge in [0.1, 0.15) is 0 Å². The molecule has 1 aliphatic rings. The average molecular weight is 327 g/mol. The average Bonchev–Trinajstić information content (AvgIpc) is 2.63. The van der Waals surface area contributed by atoms with Crippen molar-refractivity contribution in [1.82, 2.24) is 20.8 Å². The molecule has 2 amide bonds. The van der Waals surface area contributed by atoms with Gasteiger partial charge in [-0.2, -0.15) is 0 Å². The van der Waals surface area contributed by atoms with Crippen molar-refractivity contribution in [3.05, 3.63) is 54.4 Å². The fraction of sp³-hybridized carbons (Fsp3) is 0.353. The van der Waals surface area contributed by atoms with E-state index in [4.69, 9.17) is 4.84 Å². The van der Waals surface area contributed by atoms with Gasteiger partial charge in [-0.3, -0.25) is 4.84 Å². The lowest BCUT2D eigenvalue weighted by molar-refractivity contribution is 0.0479. The molecule has 2 aromatic rings. The Kier molecular flexibility index (Phi) is 5.57. The Hall–Kier alpha value is -2.67. The van der Waals surface area contributed by atoms with Crippen LogP contribution in [-0.2, 0) is 11.4 Å². The SMILES string of the molecule is O=C(NOCc1ccccc1)NC1CCCN(c2ncccn2)C1. The van der Waals surface area contributed by atoms with Gasteiger partial charge in [0.2, 0.25) is 5.95 Å². The fourth-order valence-corrected chi connectivity index (χ4v) is 2.71. The van der Waals surface area contributed by atoms with Gasteiger partial charge in [-0.25, -0.2) is 20.2 Å². The number of aromatic nitrogens is 2. The highest BCUT2D eigenvalue weighted by Gasteiger charge is 2.22. The Balaban J connectivity index is 1.42. The third-order valence-corrected chi connectivity index (χ3v) is 3.84. The van der Waals surface area contributed by atoms with Crippen LogP contribution in [0.5, 0.6) is 0 Å². The molecule has 1 unspecified atom stereocenters. The molecule has 0 bridgehead atoms. The van der Waals surface area contributed by atoms with E-state index >= 15 is 0 Å². The summed E-state index contributed by atoms with van der Waals surface area (Å²) in [5.74, 6) is 0.699. The number of benzene rings is 1. The third-order valence-electron chi connectivity index (χ3n) is 3.84. The Bertz CT molecular complexity index is 638. The van der Waals surface area contributed by atoms with Gasteiger partial charge in [-0.05, 0) is 24.5 Å². The second kappa shape index (κ2) is 8.26. The van der Waals surface area contributed by atoms with Crippen LogP contribution in [-0.4, -0.2) is 35.1 Å². The van der Waals surface area contributed by atoms with Crippen molar-refractivity contribution in [3.8, 4) is 0 Å². The lowest BCUT2D eigenvalue weighted by atomic mass is 10.1. The van der Waals surface area contributed by atoms with E-state index in [0.29, 0.717) is 19.1 Å². The second-order valence-corrected chi connectivity index (χ2v) is 5.68. The summed E-state index contributed by atoms with van der Waals surface area (Å²) in [6, 6.07) is 11.2. The van der Waals surface area contributed by atoms with Crippen LogP contribution in [0.15, 0.2) is 48.8 Å². The van der Waals surface area contributed by atoms with E-state index in [1.54, 1.807) is 18.5 Å². The number of hydrogen-bond donors (Lipinski definition) is 2. The fourth-order valence-electron chi connectivity index (χ4n) is 2.71. The summed E-state index contributed by atoms with van der Waals surface area (Å²) >= 11 is 0. The second-order valence-electron chi connectivity index (χ2n) is 5.68. The lowest BCUT2D eigenvalue weighted by Gasteiger charge is -2.32. The summed E-state index contributed by atoms with van der Waals surface area (Å²) in [5.41, 5.74) is 3.44. The molecule has 2 heterocycles. The Morgan fingerprint density at radius 1 is 1.21 bits per heavy atom. The van der Waals surface area contributed by atoms with Crippen LogP contribution < -0.4 is 15.7 Å². The molecule has 1 aromatic heterocycles. The number of hydrogen-bond acceptors (Lipinski definition) is 5. The lowest BCUT2D eigenvalue weighted by Crippen LogP contribution is -2.50. The van der Waals surface area contributed by atoms with E-state index in [2.05, 4.69) is 25.7 Å².